The molecule has 0 N–H and O–H groups in total. The topological polar surface area (TPSA) is 47.5 Å². The summed E-state index contributed by atoms with van der Waals surface area (Å²) in [5.74, 6) is 2.55. The second-order valence-electron chi connectivity index (χ2n) is 6.15. The summed E-state index contributed by atoms with van der Waals surface area (Å²) in [4.78, 5) is 2.24. The molecular weight excluding hydrogens is 314 g/mol. The fourth-order valence-corrected chi connectivity index (χ4v) is 3.20. The van der Waals surface area contributed by atoms with Crippen molar-refractivity contribution in [3.05, 3.63) is 53.7 Å². The molecule has 5 heteroatoms. The van der Waals surface area contributed by atoms with Crippen LogP contribution in [0.15, 0.2) is 42.5 Å². The van der Waals surface area contributed by atoms with Crippen molar-refractivity contribution in [2.45, 2.75) is 20.4 Å². The van der Waals surface area contributed by atoms with Crippen LogP contribution in [0, 0.1) is 6.92 Å². The average molecular weight is 335 g/mol. The largest absolute Gasteiger partial charge is 0.486 e. The smallest absolute Gasteiger partial charge is 0.161 e. The zero-order chi connectivity index (χ0) is 17.2. The normalized spacial score (nSPS) is 13.0. The van der Waals surface area contributed by atoms with E-state index in [-0.39, 0.29) is 0 Å². The van der Waals surface area contributed by atoms with Crippen molar-refractivity contribution in [1.29, 1.82) is 0 Å². The lowest BCUT2D eigenvalue weighted by Crippen LogP contribution is -2.24. The maximum atomic E-state index is 5.70. The standard InChI is InChI=1S/C20H21N3O2/c1-3-23(13-15-8-9-18-19(12-15)25-11-10-24-18)20-17-7-5-4-6-16(17)14(2)21-22-20/h4-9,12H,3,10-11,13H2,1-2H3. The first kappa shape index (κ1) is 15.7. The van der Waals surface area contributed by atoms with Crippen LogP contribution in [-0.4, -0.2) is 30.0 Å². The number of aryl methyl sites for hydroxylation is 1. The highest BCUT2D eigenvalue weighted by molar-refractivity contribution is 5.93. The Labute approximate surface area is 147 Å². The molecule has 0 amide bonds. The van der Waals surface area contributed by atoms with Crippen molar-refractivity contribution in [3.63, 3.8) is 0 Å². The number of ether oxygens (including phenoxy) is 2. The van der Waals surface area contributed by atoms with Crippen LogP contribution in [0.2, 0.25) is 0 Å². The Hall–Kier alpha value is -2.82. The average Bonchev–Trinajstić information content (AvgIpc) is 2.67. The monoisotopic (exact) mass is 335 g/mol. The summed E-state index contributed by atoms with van der Waals surface area (Å²) in [7, 11) is 0. The molecule has 25 heavy (non-hydrogen) atoms. The van der Waals surface area contributed by atoms with Crippen molar-refractivity contribution in [2.75, 3.05) is 24.7 Å². The van der Waals surface area contributed by atoms with Gasteiger partial charge in [0.05, 0.1) is 5.69 Å². The number of benzene rings is 2. The van der Waals surface area contributed by atoms with Crippen LogP contribution in [0.1, 0.15) is 18.2 Å². The van der Waals surface area contributed by atoms with Crippen LogP contribution in [0.3, 0.4) is 0 Å². The van der Waals surface area contributed by atoms with E-state index >= 15 is 0 Å². The molecular formula is C20H21N3O2. The minimum Gasteiger partial charge on any atom is -0.486 e. The van der Waals surface area contributed by atoms with E-state index in [2.05, 4.69) is 46.3 Å². The van der Waals surface area contributed by atoms with Gasteiger partial charge >= 0.3 is 0 Å². The lowest BCUT2D eigenvalue weighted by atomic mass is 10.1. The minimum atomic E-state index is 0.599. The maximum Gasteiger partial charge on any atom is 0.161 e. The molecule has 4 rings (SSSR count). The molecule has 128 valence electrons. The van der Waals surface area contributed by atoms with Crippen molar-refractivity contribution in [1.82, 2.24) is 10.2 Å². The van der Waals surface area contributed by atoms with Crippen LogP contribution < -0.4 is 14.4 Å². The Morgan fingerprint density at radius 3 is 2.52 bits per heavy atom. The number of rotatable bonds is 4. The Morgan fingerprint density at radius 2 is 1.72 bits per heavy atom. The number of fused-ring (bicyclic) bond motifs is 2. The first-order valence-corrected chi connectivity index (χ1v) is 8.61. The van der Waals surface area contributed by atoms with Gasteiger partial charge in [-0.05, 0) is 31.5 Å². The molecule has 2 heterocycles. The molecule has 0 saturated carbocycles. The third kappa shape index (κ3) is 2.97. The van der Waals surface area contributed by atoms with Gasteiger partial charge in [0.15, 0.2) is 17.3 Å². The molecule has 3 aromatic rings. The van der Waals surface area contributed by atoms with Crippen molar-refractivity contribution in [2.24, 2.45) is 0 Å². The molecule has 0 saturated heterocycles. The summed E-state index contributed by atoms with van der Waals surface area (Å²) >= 11 is 0. The molecule has 0 radical (unpaired) electrons. The molecule has 1 aliphatic heterocycles. The Balaban J connectivity index is 1.68. The van der Waals surface area contributed by atoms with E-state index in [1.54, 1.807) is 0 Å². The molecule has 1 aliphatic rings. The molecule has 0 fully saturated rings. The van der Waals surface area contributed by atoms with Crippen LogP contribution >= 0.6 is 0 Å². The molecule has 2 aromatic carbocycles. The Bertz CT molecular complexity index is 911. The molecule has 5 nitrogen and oxygen atoms in total. The lowest BCUT2D eigenvalue weighted by molar-refractivity contribution is 0.171. The quantitative estimate of drug-likeness (QED) is 0.727. The van der Waals surface area contributed by atoms with Gasteiger partial charge in [-0.2, -0.15) is 5.10 Å². The third-order valence-electron chi connectivity index (χ3n) is 4.51. The van der Waals surface area contributed by atoms with Gasteiger partial charge in [-0.3, -0.25) is 0 Å². The fourth-order valence-electron chi connectivity index (χ4n) is 3.20. The Morgan fingerprint density at radius 1 is 0.960 bits per heavy atom. The van der Waals surface area contributed by atoms with Crippen LogP contribution in [0.25, 0.3) is 10.8 Å². The number of anilines is 1. The van der Waals surface area contributed by atoms with E-state index < -0.39 is 0 Å². The van der Waals surface area contributed by atoms with E-state index in [9.17, 15) is 0 Å². The number of nitrogens with zero attached hydrogens (tertiary/aromatic N) is 3. The van der Waals surface area contributed by atoms with Crippen molar-refractivity contribution >= 4 is 16.6 Å². The molecule has 0 atom stereocenters. The molecule has 0 unspecified atom stereocenters. The molecule has 0 spiro atoms. The van der Waals surface area contributed by atoms with E-state index in [1.165, 1.54) is 0 Å². The van der Waals surface area contributed by atoms with Crippen LogP contribution in [-0.2, 0) is 6.54 Å². The summed E-state index contributed by atoms with van der Waals surface area (Å²) in [6.45, 7) is 6.93. The van der Waals surface area contributed by atoms with Gasteiger partial charge in [-0.25, -0.2) is 0 Å². The third-order valence-corrected chi connectivity index (χ3v) is 4.51. The van der Waals surface area contributed by atoms with E-state index in [1.807, 2.05) is 25.1 Å². The fraction of sp³-hybridized carbons (Fsp3) is 0.300. The number of hydrogen-bond acceptors (Lipinski definition) is 5. The summed E-state index contributed by atoms with van der Waals surface area (Å²) in [6.07, 6.45) is 0. The second-order valence-corrected chi connectivity index (χ2v) is 6.15. The first-order valence-electron chi connectivity index (χ1n) is 8.61. The molecule has 0 bridgehead atoms. The van der Waals surface area contributed by atoms with Gasteiger partial charge in [0.25, 0.3) is 0 Å². The van der Waals surface area contributed by atoms with Crippen LogP contribution in [0.5, 0.6) is 11.5 Å². The zero-order valence-electron chi connectivity index (χ0n) is 14.5. The van der Waals surface area contributed by atoms with Gasteiger partial charge < -0.3 is 14.4 Å². The van der Waals surface area contributed by atoms with E-state index in [0.717, 1.165) is 52.4 Å². The highest BCUT2D eigenvalue weighted by Crippen LogP contribution is 2.32. The maximum absolute atomic E-state index is 5.70. The predicted octanol–water partition coefficient (Wildman–Crippen LogP) is 3.74. The summed E-state index contributed by atoms with van der Waals surface area (Å²) < 4.78 is 11.3. The highest BCUT2D eigenvalue weighted by Gasteiger charge is 2.16. The predicted molar refractivity (Wildman–Crippen MR) is 98.4 cm³/mol. The summed E-state index contributed by atoms with van der Waals surface area (Å²) in [5, 5.41) is 11.1. The summed E-state index contributed by atoms with van der Waals surface area (Å²) in [5.41, 5.74) is 2.12. The highest BCUT2D eigenvalue weighted by atomic mass is 16.6. The summed E-state index contributed by atoms with van der Waals surface area (Å²) in [6, 6.07) is 14.4. The van der Waals surface area contributed by atoms with Gasteiger partial charge in [0, 0.05) is 23.9 Å². The first-order chi connectivity index (χ1) is 12.3. The second kappa shape index (κ2) is 6.59. The van der Waals surface area contributed by atoms with Gasteiger partial charge in [0.1, 0.15) is 13.2 Å². The van der Waals surface area contributed by atoms with Crippen LogP contribution in [0.4, 0.5) is 5.82 Å². The number of aromatic nitrogens is 2. The Kier molecular flexibility index (Phi) is 4.14. The minimum absolute atomic E-state index is 0.599. The van der Waals surface area contributed by atoms with Gasteiger partial charge in [0.2, 0.25) is 0 Å². The van der Waals surface area contributed by atoms with Crippen molar-refractivity contribution in [3.8, 4) is 11.5 Å². The molecule has 1 aromatic heterocycles. The zero-order valence-corrected chi connectivity index (χ0v) is 14.5. The van der Waals surface area contributed by atoms with E-state index in [0.29, 0.717) is 13.2 Å². The van der Waals surface area contributed by atoms with Gasteiger partial charge in [-0.15, -0.1) is 5.10 Å². The van der Waals surface area contributed by atoms with E-state index in [4.69, 9.17) is 9.47 Å². The lowest BCUT2D eigenvalue weighted by Gasteiger charge is -2.24. The van der Waals surface area contributed by atoms with Crippen molar-refractivity contribution < 1.29 is 9.47 Å². The number of hydrogen-bond donors (Lipinski definition) is 0. The SMILES string of the molecule is CCN(Cc1ccc2c(c1)OCCO2)c1nnc(C)c2ccccc12. The van der Waals surface area contributed by atoms with Gasteiger partial charge in [-0.1, -0.05) is 30.3 Å². The molecule has 0 aliphatic carbocycles.